The lowest BCUT2D eigenvalue weighted by atomic mass is 10.2. The molecular formula is C15H10Cl2F3N3. The van der Waals surface area contributed by atoms with E-state index in [-0.39, 0.29) is 10.8 Å². The zero-order chi connectivity index (χ0) is 16.9. The number of anilines is 1. The Kier molecular flexibility index (Phi) is 5.63. The number of hydrogen-bond donors (Lipinski definition) is 1. The highest BCUT2D eigenvalue weighted by Gasteiger charge is 2.31. The third-order valence-electron chi connectivity index (χ3n) is 2.63. The largest absolute Gasteiger partial charge is 0.417 e. The van der Waals surface area contributed by atoms with Crippen LogP contribution in [0.4, 0.5) is 19.0 Å². The molecule has 0 aliphatic rings. The molecule has 1 aromatic carbocycles. The van der Waals surface area contributed by atoms with Gasteiger partial charge in [-0.05, 0) is 17.7 Å². The van der Waals surface area contributed by atoms with Gasteiger partial charge >= 0.3 is 6.18 Å². The van der Waals surface area contributed by atoms with Crippen LogP contribution in [0.2, 0.25) is 5.02 Å². The van der Waals surface area contributed by atoms with Gasteiger partial charge in [0.25, 0.3) is 0 Å². The van der Waals surface area contributed by atoms with Crippen molar-refractivity contribution >= 4 is 41.3 Å². The van der Waals surface area contributed by atoms with Crippen molar-refractivity contribution in [2.45, 2.75) is 6.18 Å². The Balaban J connectivity index is 2.04. The Morgan fingerprint density at radius 1 is 1.22 bits per heavy atom. The van der Waals surface area contributed by atoms with E-state index in [2.05, 4.69) is 15.5 Å². The van der Waals surface area contributed by atoms with Crippen LogP contribution in [0.15, 0.2) is 52.7 Å². The van der Waals surface area contributed by atoms with E-state index in [9.17, 15) is 13.2 Å². The van der Waals surface area contributed by atoms with E-state index in [0.717, 1.165) is 11.6 Å². The first-order valence-corrected chi connectivity index (χ1v) is 7.06. The predicted octanol–water partition coefficient (Wildman–Crippen LogP) is 5.43. The second kappa shape index (κ2) is 7.48. The Morgan fingerprint density at radius 3 is 2.52 bits per heavy atom. The van der Waals surface area contributed by atoms with Crippen LogP contribution in [-0.4, -0.2) is 11.2 Å². The van der Waals surface area contributed by atoms with Gasteiger partial charge in [-0.15, -0.1) is 0 Å². The first kappa shape index (κ1) is 17.3. The van der Waals surface area contributed by atoms with Crippen LogP contribution < -0.4 is 5.43 Å². The molecule has 1 heterocycles. The molecule has 2 aromatic rings. The summed E-state index contributed by atoms with van der Waals surface area (Å²) in [4.78, 5) is 3.59. The van der Waals surface area contributed by atoms with Crippen LogP contribution in [0.5, 0.6) is 0 Å². The molecule has 3 nitrogen and oxygen atoms in total. The van der Waals surface area contributed by atoms with Crippen molar-refractivity contribution in [2.24, 2.45) is 5.10 Å². The molecule has 0 saturated carbocycles. The van der Waals surface area contributed by atoms with Gasteiger partial charge in [-0.25, -0.2) is 4.98 Å². The van der Waals surface area contributed by atoms with Gasteiger partial charge in [0.05, 0.1) is 21.8 Å². The molecule has 120 valence electrons. The van der Waals surface area contributed by atoms with E-state index in [1.807, 2.05) is 30.3 Å². The van der Waals surface area contributed by atoms with Crippen molar-refractivity contribution < 1.29 is 13.2 Å². The molecule has 2 rings (SSSR count). The van der Waals surface area contributed by atoms with Gasteiger partial charge in [0.15, 0.2) is 5.82 Å². The number of pyridine rings is 1. The van der Waals surface area contributed by atoms with Crippen molar-refractivity contribution in [1.82, 2.24) is 4.98 Å². The lowest BCUT2D eigenvalue weighted by molar-refractivity contribution is -0.137. The lowest BCUT2D eigenvalue weighted by Gasteiger charge is -2.08. The minimum Gasteiger partial charge on any atom is -0.260 e. The molecule has 0 saturated heterocycles. The number of benzene rings is 1. The molecular weight excluding hydrogens is 350 g/mol. The van der Waals surface area contributed by atoms with Crippen LogP contribution >= 0.6 is 23.2 Å². The number of nitrogens with one attached hydrogen (secondary N) is 1. The third kappa shape index (κ3) is 5.26. The maximum Gasteiger partial charge on any atom is 0.417 e. The highest BCUT2D eigenvalue weighted by molar-refractivity contribution is 6.41. The van der Waals surface area contributed by atoms with Crippen molar-refractivity contribution in [3.63, 3.8) is 0 Å². The molecule has 23 heavy (non-hydrogen) atoms. The molecule has 0 radical (unpaired) electrons. The summed E-state index contributed by atoms with van der Waals surface area (Å²) in [5.41, 5.74) is 2.39. The minimum absolute atomic E-state index is 0.0000874. The molecule has 0 amide bonds. The van der Waals surface area contributed by atoms with Gasteiger partial charge in [0.1, 0.15) is 0 Å². The standard InChI is InChI=1S/C15H10Cl2F3N3/c16-12(6-10-4-2-1-3-5-10)9-22-23-14-13(17)7-11(8-21-14)15(18,19)20/h1-9H,(H,21,23). The molecule has 0 aliphatic carbocycles. The van der Waals surface area contributed by atoms with E-state index >= 15 is 0 Å². The smallest absolute Gasteiger partial charge is 0.260 e. The zero-order valence-corrected chi connectivity index (χ0v) is 13.0. The monoisotopic (exact) mass is 359 g/mol. The minimum atomic E-state index is -4.50. The summed E-state index contributed by atoms with van der Waals surface area (Å²) in [6, 6.07) is 10.1. The Morgan fingerprint density at radius 2 is 1.91 bits per heavy atom. The fourth-order valence-electron chi connectivity index (χ4n) is 1.58. The average molecular weight is 360 g/mol. The summed E-state index contributed by atoms with van der Waals surface area (Å²) < 4.78 is 37.5. The summed E-state index contributed by atoms with van der Waals surface area (Å²) in [7, 11) is 0. The van der Waals surface area contributed by atoms with E-state index < -0.39 is 11.7 Å². The SMILES string of the molecule is FC(F)(F)c1cnc(NN=CC(Cl)=Cc2ccccc2)c(Cl)c1. The van der Waals surface area contributed by atoms with Gasteiger partial charge < -0.3 is 0 Å². The molecule has 1 N–H and O–H groups in total. The van der Waals surface area contributed by atoms with E-state index in [0.29, 0.717) is 11.2 Å². The molecule has 0 bridgehead atoms. The molecule has 0 fully saturated rings. The summed E-state index contributed by atoms with van der Waals surface area (Å²) in [6.07, 6.45) is -0.857. The van der Waals surface area contributed by atoms with Crippen molar-refractivity contribution in [1.29, 1.82) is 0 Å². The number of hydrazone groups is 1. The summed E-state index contributed by atoms with van der Waals surface area (Å²) in [5.74, 6) is 0.0000874. The predicted molar refractivity (Wildman–Crippen MR) is 86.6 cm³/mol. The fraction of sp³-hybridized carbons (Fsp3) is 0.0667. The van der Waals surface area contributed by atoms with Crippen molar-refractivity contribution in [3.8, 4) is 0 Å². The number of aromatic nitrogens is 1. The summed E-state index contributed by atoms with van der Waals surface area (Å²) in [5, 5.41) is 3.92. The quantitative estimate of drug-likeness (QED) is 0.583. The number of alkyl halides is 3. The van der Waals surface area contributed by atoms with Crippen LogP contribution in [-0.2, 0) is 6.18 Å². The summed E-state index contributed by atoms with van der Waals surface area (Å²) >= 11 is 11.7. The maximum atomic E-state index is 12.5. The van der Waals surface area contributed by atoms with E-state index in [4.69, 9.17) is 23.2 Å². The molecule has 1 aromatic heterocycles. The molecule has 0 atom stereocenters. The fourth-order valence-corrected chi connectivity index (χ4v) is 1.96. The Labute approximate surface area is 140 Å². The van der Waals surface area contributed by atoms with Crippen molar-refractivity contribution in [3.05, 3.63) is 63.8 Å². The third-order valence-corrected chi connectivity index (χ3v) is 3.13. The van der Waals surface area contributed by atoms with Crippen LogP contribution in [0, 0.1) is 0 Å². The highest BCUT2D eigenvalue weighted by Crippen LogP contribution is 2.32. The van der Waals surface area contributed by atoms with Gasteiger partial charge in [-0.2, -0.15) is 18.3 Å². The van der Waals surface area contributed by atoms with Gasteiger partial charge in [0, 0.05) is 6.20 Å². The first-order valence-electron chi connectivity index (χ1n) is 6.30. The molecule has 0 spiro atoms. The molecule has 0 unspecified atom stereocenters. The second-order valence-electron chi connectivity index (χ2n) is 4.36. The van der Waals surface area contributed by atoms with Gasteiger partial charge in [-0.3, -0.25) is 5.43 Å². The average Bonchev–Trinajstić information content (AvgIpc) is 2.49. The highest BCUT2D eigenvalue weighted by atomic mass is 35.5. The second-order valence-corrected chi connectivity index (χ2v) is 5.21. The first-order chi connectivity index (χ1) is 10.9. The van der Waals surface area contributed by atoms with Crippen molar-refractivity contribution in [2.75, 3.05) is 5.43 Å². The Hall–Kier alpha value is -2.05. The number of halogens is 5. The molecule has 0 aliphatic heterocycles. The van der Waals surface area contributed by atoms with Gasteiger partial charge in [-0.1, -0.05) is 53.5 Å². The number of hydrogen-bond acceptors (Lipinski definition) is 3. The Bertz CT molecular complexity index is 728. The van der Waals surface area contributed by atoms with Crippen LogP contribution in [0.1, 0.15) is 11.1 Å². The number of nitrogens with zero attached hydrogens (tertiary/aromatic N) is 2. The summed E-state index contributed by atoms with van der Waals surface area (Å²) in [6.45, 7) is 0. The zero-order valence-electron chi connectivity index (χ0n) is 11.5. The van der Waals surface area contributed by atoms with Crippen LogP contribution in [0.3, 0.4) is 0 Å². The molecule has 8 heteroatoms. The van der Waals surface area contributed by atoms with E-state index in [1.165, 1.54) is 6.21 Å². The number of rotatable bonds is 4. The topological polar surface area (TPSA) is 37.3 Å². The number of allylic oxidation sites excluding steroid dienone is 1. The maximum absolute atomic E-state index is 12.5. The lowest BCUT2D eigenvalue weighted by Crippen LogP contribution is -2.06. The normalized spacial score (nSPS) is 12.7. The van der Waals surface area contributed by atoms with Gasteiger partial charge in [0.2, 0.25) is 0 Å². The van der Waals surface area contributed by atoms with E-state index in [1.54, 1.807) is 6.08 Å². The van der Waals surface area contributed by atoms with Crippen LogP contribution in [0.25, 0.3) is 6.08 Å².